The predicted molar refractivity (Wildman–Crippen MR) is 186 cm³/mol. The number of allylic oxidation sites excluding steroid dienone is 3. The van der Waals surface area contributed by atoms with Gasteiger partial charge in [0.2, 0.25) is 0 Å². The lowest BCUT2D eigenvalue weighted by atomic mass is 9.51. The van der Waals surface area contributed by atoms with Crippen LogP contribution >= 0.6 is 11.6 Å². The zero-order valence-corrected chi connectivity index (χ0v) is 31.2. The predicted octanol–water partition coefficient (Wildman–Crippen LogP) is 7.92. The van der Waals surface area contributed by atoms with E-state index >= 15 is 4.79 Å². The monoisotopic (exact) mass is 692 g/mol. The topological polar surface area (TPSA) is 97.4 Å². The Balaban J connectivity index is 1.53. The molecule has 7 aliphatic rings. The molecule has 0 aromatic heterocycles. The molecule has 6 atom stereocenters. The van der Waals surface area contributed by atoms with Crippen molar-refractivity contribution in [3.63, 3.8) is 0 Å². The number of halogens is 1. The average Bonchev–Trinajstić information content (AvgIpc) is 3.18. The van der Waals surface area contributed by atoms with E-state index < -0.39 is 39.2 Å². The molecule has 1 aromatic rings. The van der Waals surface area contributed by atoms with Gasteiger partial charge in [0.25, 0.3) is 0 Å². The summed E-state index contributed by atoms with van der Waals surface area (Å²) in [5.41, 5.74) is 1.26. The number of hydrogen-bond donors (Lipinski definition) is 0. The largest absolute Gasteiger partial charge is 0.495 e. The summed E-state index contributed by atoms with van der Waals surface area (Å²) < 4.78 is 32.6. The Labute approximate surface area is 294 Å². The van der Waals surface area contributed by atoms with Gasteiger partial charge in [-0.05, 0) is 93.9 Å². The molecule has 1 aromatic carbocycles. The summed E-state index contributed by atoms with van der Waals surface area (Å²) in [7, 11) is 2.93. The molecule has 264 valence electrons. The minimum Gasteiger partial charge on any atom is -0.495 e. The van der Waals surface area contributed by atoms with E-state index in [2.05, 4.69) is 20.8 Å². The number of Topliss-reactive ketones (excluding diaryl/α,β-unsaturated/α-hetero) is 2. The van der Waals surface area contributed by atoms with E-state index in [1.165, 1.54) is 18.3 Å². The first-order valence-electron chi connectivity index (χ1n) is 17.6. The second-order valence-electron chi connectivity index (χ2n) is 16.6. The Bertz CT molecular complexity index is 1790. The molecule has 6 unspecified atom stereocenters. The minimum absolute atomic E-state index is 0.0220. The first-order valence-corrected chi connectivity index (χ1v) is 18.0. The fourth-order valence-corrected chi connectivity index (χ4v) is 10.1. The summed E-state index contributed by atoms with van der Waals surface area (Å²) in [6, 6.07) is 0. The Morgan fingerprint density at radius 2 is 1.82 bits per heavy atom. The van der Waals surface area contributed by atoms with Crippen molar-refractivity contribution < 1.29 is 38.1 Å². The van der Waals surface area contributed by atoms with Gasteiger partial charge < -0.3 is 23.7 Å². The molecular weight excluding hydrogens is 644 g/mol. The van der Waals surface area contributed by atoms with Crippen molar-refractivity contribution >= 4 is 29.1 Å². The highest BCUT2D eigenvalue weighted by molar-refractivity contribution is 6.23. The molecule has 8 nitrogen and oxygen atoms in total. The Kier molecular flexibility index (Phi) is 7.68. The fraction of sp³-hybridized carbons (Fsp3) is 0.625. The third-order valence-electron chi connectivity index (χ3n) is 12.3. The molecule has 9 heteroatoms. The minimum atomic E-state index is -1.54. The quantitative estimate of drug-likeness (QED) is 0.123. The van der Waals surface area contributed by atoms with Crippen molar-refractivity contribution in [1.82, 2.24) is 0 Å². The number of carbonyl (C=O) groups excluding carboxylic acids is 3. The molecule has 0 amide bonds. The van der Waals surface area contributed by atoms with Crippen molar-refractivity contribution in [3.8, 4) is 17.2 Å². The van der Waals surface area contributed by atoms with Crippen LogP contribution in [0.15, 0.2) is 34.4 Å². The average molecular weight is 693 g/mol. The molecule has 4 aliphatic carbocycles. The van der Waals surface area contributed by atoms with Crippen molar-refractivity contribution in [2.75, 3.05) is 14.2 Å². The summed E-state index contributed by atoms with van der Waals surface area (Å²) in [6.45, 7) is 16.0. The SMILES string of the molecule is COC(=O)/C(C)=C\CC12OC(C)(C)C3CC(C=C4C(=O)c5c(c(CCC(C)(C)Cl)c6c(c5OC)C5CC(C)(CCC5=C(C)C)O6)OC431)C2=O. The third kappa shape index (κ3) is 4.68. The first kappa shape index (κ1) is 34.4. The number of carbonyl (C=O) groups is 3. The number of rotatable bonds is 7. The van der Waals surface area contributed by atoms with Gasteiger partial charge in [0, 0.05) is 51.3 Å². The van der Waals surface area contributed by atoms with Crippen LogP contribution in [0, 0.1) is 11.8 Å². The maximum absolute atomic E-state index is 15.3. The van der Waals surface area contributed by atoms with Crippen LogP contribution in [-0.2, 0) is 25.5 Å². The first-order chi connectivity index (χ1) is 22.8. The number of hydrogen-bond acceptors (Lipinski definition) is 8. The van der Waals surface area contributed by atoms with Gasteiger partial charge in [-0.3, -0.25) is 9.59 Å². The zero-order chi connectivity index (χ0) is 35.6. The van der Waals surface area contributed by atoms with E-state index in [4.69, 9.17) is 35.3 Å². The standard InChI is InChI=1S/C40H49ClO8/c1-20(2)23-13-15-38(8)19-25(23)28-31(47-38)24(12-14-36(4,5)41)32-29(33(28)45-9)30(42)26-17-22-18-27-37(6,7)49-39(34(22)43,40(26,27)48-32)16-11-21(3)35(44)46-10/h11,17,22,25,27H,12-16,18-19H2,1-10H3/b21-11-. The van der Waals surface area contributed by atoms with Gasteiger partial charge in [-0.1, -0.05) is 23.3 Å². The second kappa shape index (κ2) is 10.9. The van der Waals surface area contributed by atoms with Gasteiger partial charge in [-0.15, -0.1) is 11.6 Å². The second-order valence-corrected chi connectivity index (χ2v) is 17.7. The Morgan fingerprint density at radius 3 is 2.45 bits per heavy atom. The van der Waals surface area contributed by atoms with E-state index in [-0.39, 0.29) is 29.8 Å². The number of benzene rings is 1. The molecule has 0 N–H and O–H groups in total. The number of fused-ring (bicyclic) bond motifs is 5. The maximum Gasteiger partial charge on any atom is 0.333 e. The molecule has 1 saturated heterocycles. The smallest absolute Gasteiger partial charge is 0.333 e. The van der Waals surface area contributed by atoms with Crippen molar-refractivity contribution in [2.24, 2.45) is 11.8 Å². The van der Waals surface area contributed by atoms with Gasteiger partial charge in [-0.25, -0.2) is 4.79 Å². The van der Waals surface area contributed by atoms with Crippen LogP contribution in [0.1, 0.15) is 121 Å². The summed E-state index contributed by atoms with van der Waals surface area (Å²) >= 11 is 6.84. The number of esters is 1. The molecular formula is C40H49ClO8. The maximum atomic E-state index is 15.3. The molecule has 2 saturated carbocycles. The van der Waals surface area contributed by atoms with Gasteiger partial charge in [0.05, 0.1) is 19.8 Å². The molecule has 0 radical (unpaired) electrons. The molecule has 1 spiro atoms. The van der Waals surface area contributed by atoms with Crippen LogP contribution in [0.4, 0.5) is 0 Å². The van der Waals surface area contributed by atoms with Crippen molar-refractivity contribution in [3.05, 3.63) is 51.1 Å². The molecule has 3 aliphatic heterocycles. The van der Waals surface area contributed by atoms with Crippen LogP contribution in [0.3, 0.4) is 0 Å². The van der Waals surface area contributed by atoms with Crippen LogP contribution < -0.4 is 14.2 Å². The van der Waals surface area contributed by atoms with Crippen LogP contribution in [-0.4, -0.2) is 59.0 Å². The highest BCUT2D eigenvalue weighted by Crippen LogP contribution is 2.69. The van der Waals surface area contributed by atoms with Crippen LogP contribution in [0.25, 0.3) is 0 Å². The molecule has 3 heterocycles. The van der Waals surface area contributed by atoms with Crippen LogP contribution in [0.2, 0.25) is 0 Å². The molecule has 49 heavy (non-hydrogen) atoms. The molecule has 6 bridgehead atoms. The van der Waals surface area contributed by atoms with Gasteiger partial charge in [0.15, 0.2) is 22.8 Å². The van der Waals surface area contributed by atoms with Gasteiger partial charge in [0.1, 0.15) is 28.4 Å². The lowest BCUT2D eigenvalue weighted by Crippen LogP contribution is -2.72. The van der Waals surface area contributed by atoms with Gasteiger partial charge >= 0.3 is 5.97 Å². The summed E-state index contributed by atoms with van der Waals surface area (Å²) in [5, 5.41) is 0. The summed E-state index contributed by atoms with van der Waals surface area (Å²) in [6.07, 6.45) is 7.69. The number of ketones is 2. The summed E-state index contributed by atoms with van der Waals surface area (Å²) in [4.78, 5) is 41.8. The lowest BCUT2D eigenvalue weighted by molar-refractivity contribution is -0.171. The Hall–Kier alpha value is -3.10. The number of methoxy groups -OCH3 is 2. The van der Waals surface area contributed by atoms with Gasteiger partial charge in [-0.2, -0.15) is 0 Å². The number of ether oxygens (including phenoxy) is 5. The van der Waals surface area contributed by atoms with Crippen molar-refractivity contribution in [2.45, 2.75) is 134 Å². The zero-order valence-electron chi connectivity index (χ0n) is 30.5. The normalized spacial score (nSPS) is 33.5. The van der Waals surface area contributed by atoms with E-state index in [1.54, 1.807) is 20.1 Å². The molecule has 3 fully saturated rings. The highest BCUT2D eigenvalue weighted by Gasteiger charge is 2.81. The molecule has 8 rings (SSSR count). The van der Waals surface area contributed by atoms with E-state index in [9.17, 15) is 9.59 Å². The van der Waals surface area contributed by atoms with Crippen molar-refractivity contribution in [1.29, 1.82) is 0 Å². The van der Waals surface area contributed by atoms with E-state index in [0.717, 1.165) is 30.4 Å². The van der Waals surface area contributed by atoms with Crippen LogP contribution in [0.5, 0.6) is 17.2 Å². The lowest BCUT2D eigenvalue weighted by Gasteiger charge is -2.56. The Morgan fingerprint density at radius 1 is 1.10 bits per heavy atom. The highest BCUT2D eigenvalue weighted by atomic mass is 35.5. The van der Waals surface area contributed by atoms with E-state index in [0.29, 0.717) is 53.2 Å². The fourth-order valence-electron chi connectivity index (χ4n) is 9.98. The third-order valence-corrected chi connectivity index (χ3v) is 12.5. The van der Waals surface area contributed by atoms with E-state index in [1.807, 2.05) is 33.8 Å². The number of alkyl halides is 1. The summed E-state index contributed by atoms with van der Waals surface area (Å²) in [5.74, 6) is -0.100.